The van der Waals surface area contributed by atoms with Gasteiger partial charge in [0.15, 0.2) is 0 Å². The molecule has 0 saturated carbocycles. The number of nitrogens with zero attached hydrogens (tertiary/aromatic N) is 1. The average Bonchev–Trinajstić information content (AvgIpc) is 2.85. The number of carboxylic acids is 1. The van der Waals surface area contributed by atoms with Gasteiger partial charge in [0.05, 0.1) is 11.6 Å². The van der Waals surface area contributed by atoms with E-state index in [-0.39, 0.29) is 18.9 Å². The molecule has 0 radical (unpaired) electrons. The summed E-state index contributed by atoms with van der Waals surface area (Å²) in [5.74, 6) is -2.02. The van der Waals surface area contributed by atoms with Gasteiger partial charge in [0.2, 0.25) is 5.91 Å². The Kier molecular flexibility index (Phi) is 5.68. The lowest BCUT2D eigenvalue weighted by Gasteiger charge is -2.14. The summed E-state index contributed by atoms with van der Waals surface area (Å²) in [4.78, 5) is 23.3. The van der Waals surface area contributed by atoms with Gasteiger partial charge < -0.3 is 14.9 Å². The summed E-state index contributed by atoms with van der Waals surface area (Å²) in [6, 6.07) is 5.21. The van der Waals surface area contributed by atoms with Crippen LogP contribution in [0.2, 0.25) is 0 Å². The monoisotopic (exact) mass is 334 g/mol. The highest BCUT2D eigenvalue weighted by Crippen LogP contribution is 2.17. The van der Waals surface area contributed by atoms with E-state index in [1.54, 1.807) is 13.8 Å². The van der Waals surface area contributed by atoms with Crippen LogP contribution in [-0.2, 0) is 16.0 Å². The van der Waals surface area contributed by atoms with E-state index in [1.165, 1.54) is 24.3 Å². The zero-order chi connectivity index (χ0) is 17.7. The van der Waals surface area contributed by atoms with E-state index in [4.69, 9.17) is 4.52 Å². The Hall–Kier alpha value is -2.70. The van der Waals surface area contributed by atoms with E-state index in [2.05, 4.69) is 10.5 Å². The number of amides is 1. The molecule has 0 fully saturated rings. The normalized spacial score (nSPS) is 12.0. The summed E-state index contributed by atoms with van der Waals surface area (Å²) < 4.78 is 18.0. The minimum Gasteiger partial charge on any atom is -0.481 e. The molecule has 24 heavy (non-hydrogen) atoms. The SMILES string of the molecule is Cc1noc(C)c1CCC(=O)NCC(C(=O)O)c1ccc(F)cc1. The van der Waals surface area contributed by atoms with Crippen molar-refractivity contribution in [1.29, 1.82) is 0 Å². The highest BCUT2D eigenvalue weighted by atomic mass is 19.1. The zero-order valence-electron chi connectivity index (χ0n) is 13.5. The molecule has 0 bridgehead atoms. The molecule has 1 heterocycles. The summed E-state index contributed by atoms with van der Waals surface area (Å²) >= 11 is 0. The summed E-state index contributed by atoms with van der Waals surface area (Å²) in [7, 11) is 0. The molecular formula is C17H19FN2O4. The fraction of sp³-hybridized carbons (Fsp3) is 0.353. The summed E-state index contributed by atoms with van der Waals surface area (Å²) in [5, 5.41) is 15.7. The highest BCUT2D eigenvalue weighted by Gasteiger charge is 2.21. The maximum absolute atomic E-state index is 12.9. The standard InChI is InChI=1S/C17H19FN2O4/c1-10-14(11(2)24-20-10)7-8-16(21)19-9-15(17(22)23)12-3-5-13(18)6-4-12/h3-6,15H,7-9H2,1-2H3,(H,19,21)(H,22,23). The van der Waals surface area contributed by atoms with Crippen molar-refractivity contribution in [3.05, 3.63) is 52.7 Å². The fourth-order valence-corrected chi connectivity index (χ4v) is 2.44. The molecule has 1 aromatic carbocycles. The second-order valence-corrected chi connectivity index (χ2v) is 5.55. The Balaban J connectivity index is 1.91. The van der Waals surface area contributed by atoms with Gasteiger partial charge in [-0.3, -0.25) is 9.59 Å². The van der Waals surface area contributed by atoms with E-state index in [1.807, 2.05) is 0 Å². The van der Waals surface area contributed by atoms with Crippen LogP contribution >= 0.6 is 0 Å². The maximum Gasteiger partial charge on any atom is 0.312 e. The number of hydrogen-bond acceptors (Lipinski definition) is 4. The molecule has 0 aliphatic heterocycles. The van der Waals surface area contributed by atoms with E-state index in [0.717, 1.165) is 11.3 Å². The maximum atomic E-state index is 12.9. The van der Waals surface area contributed by atoms with E-state index >= 15 is 0 Å². The molecule has 1 unspecified atom stereocenters. The Labute approximate surface area is 138 Å². The molecule has 2 aromatic rings. The Morgan fingerprint density at radius 3 is 2.50 bits per heavy atom. The van der Waals surface area contributed by atoms with Crippen molar-refractivity contribution in [3.63, 3.8) is 0 Å². The lowest BCUT2D eigenvalue weighted by Crippen LogP contribution is -2.31. The molecule has 0 spiro atoms. The van der Waals surface area contributed by atoms with Gasteiger partial charge in [-0.1, -0.05) is 17.3 Å². The number of carbonyl (C=O) groups is 2. The number of carbonyl (C=O) groups excluding carboxylic acids is 1. The van der Waals surface area contributed by atoms with E-state index < -0.39 is 17.7 Å². The first kappa shape index (κ1) is 17.7. The van der Waals surface area contributed by atoms with Gasteiger partial charge >= 0.3 is 5.97 Å². The van der Waals surface area contributed by atoms with E-state index in [0.29, 0.717) is 17.7 Å². The topological polar surface area (TPSA) is 92.4 Å². The predicted molar refractivity (Wildman–Crippen MR) is 84.1 cm³/mol. The fourth-order valence-electron chi connectivity index (χ4n) is 2.44. The number of carboxylic acid groups (broad SMARTS) is 1. The van der Waals surface area contributed by atoms with Gasteiger partial charge in [0.25, 0.3) is 0 Å². The van der Waals surface area contributed by atoms with Crippen LogP contribution in [0.15, 0.2) is 28.8 Å². The van der Waals surface area contributed by atoms with Crippen LogP contribution in [0.4, 0.5) is 4.39 Å². The predicted octanol–water partition coefficient (Wildman–Crippen LogP) is 2.35. The van der Waals surface area contributed by atoms with Gasteiger partial charge in [-0.05, 0) is 38.0 Å². The largest absolute Gasteiger partial charge is 0.481 e. The number of aliphatic carboxylic acids is 1. The van der Waals surface area contributed by atoms with Gasteiger partial charge in [-0.15, -0.1) is 0 Å². The van der Waals surface area contributed by atoms with Crippen molar-refractivity contribution in [1.82, 2.24) is 10.5 Å². The van der Waals surface area contributed by atoms with Crippen LogP contribution in [0.5, 0.6) is 0 Å². The number of aromatic nitrogens is 1. The number of hydrogen-bond donors (Lipinski definition) is 2. The smallest absolute Gasteiger partial charge is 0.312 e. The minimum atomic E-state index is -1.08. The van der Waals surface area contributed by atoms with Crippen molar-refractivity contribution in [2.45, 2.75) is 32.6 Å². The number of rotatable bonds is 7. The van der Waals surface area contributed by atoms with Gasteiger partial charge in [0, 0.05) is 18.5 Å². The van der Waals surface area contributed by atoms with Crippen LogP contribution < -0.4 is 5.32 Å². The Bertz CT molecular complexity index is 705. The number of aryl methyl sites for hydroxylation is 2. The van der Waals surface area contributed by atoms with Crippen LogP contribution in [0.1, 0.15) is 34.9 Å². The minimum absolute atomic E-state index is 0.0542. The molecule has 0 aliphatic carbocycles. The third kappa shape index (κ3) is 4.41. The first-order valence-corrected chi connectivity index (χ1v) is 7.55. The third-order valence-corrected chi connectivity index (χ3v) is 3.86. The molecule has 2 rings (SSSR count). The second-order valence-electron chi connectivity index (χ2n) is 5.55. The van der Waals surface area contributed by atoms with Gasteiger partial charge in [-0.2, -0.15) is 0 Å². The number of halogens is 1. The van der Waals surface area contributed by atoms with Crippen LogP contribution in [-0.4, -0.2) is 28.7 Å². The lowest BCUT2D eigenvalue weighted by molar-refractivity contribution is -0.138. The third-order valence-electron chi connectivity index (χ3n) is 3.86. The number of nitrogens with one attached hydrogen (secondary N) is 1. The van der Waals surface area contributed by atoms with Crippen molar-refractivity contribution in [2.75, 3.05) is 6.54 Å². The molecule has 2 N–H and O–H groups in total. The summed E-state index contributed by atoms with van der Waals surface area (Å²) in [6.45, 7) is 3.53. The quantitative estimate of drug-likeness (QED) is 0.811. The van der Waals surface area contributed by atoms with Crippen LogP contribution in [0, 0.1) is 19.7 Å². The lowest BCUT2D eigenvalue weighted by atomic mass is 9.99. The molecule has 128 valence electrons. The number of benzene rings is 1. The van der Waals surface area contributed by atoms with Crippen LogP contribution in [0.25, 0.3) is 0 Å². The Morgan fingerprint density at radius 2 is 1.96 bits per heavy atom. The molecule has 1 amide bonds. The van der Waals surface area contributed by atoms with Gasteiger partial charge in [-0.25, -0.2) is 4.39 Å². The first-order valence-electron chi connectivity index (χ1n) is 7.55. The van der Waals surface area contributed by atoms with Crippen molar-refractivity contribution in [2.24, 2.45) is 0 Å². The van der Waals surface area contributed by atoms with Crippen molar-refractivity contribution in [3.8, 4) is 0 Å². The zero-order valence-corrected chi connectivity index (χ0v) is 13.5. The summed E-state index contributed by atoms with van der Waals surface area (Å²) in [6.07, 6.45) is 0.680. The second kappa shape index (κ2) is 7.72. The molecule has 1 aromatic heterocycles. The molecule has 7 heteroatoms. The molecular weight excluding hydrogens is 315 g/mol. The van der Waals surface area contributed by atoms with Crippen LogP contribution in [0.3, 0.4) is 0 Å². The van der Waals surface area contributed by atoms with Crippen molar-refractivity contribution < 1.29 is 23.6 Å². The highest BCUT2D eigenvalue weighted by molar-refractivity contribution is 5.80. The Morgan fingerprint density at radius 1 is 1.29 bits per heavy atom. The molecule has 0 aliphatic rings. The average molecular weight is 334 g/mol. The van der Waals surface area contributed by atoms with E-state index in [9.17, 15) is 19.1 Å². The molecule has 6 nitrogen and oxygen atoms in total. The van der Waals surface area contributed by atoms with Gasteiger partial charge in [0.1, 0.15) is 11.6 Å². The molecule has 0 saturated heterocycles. The molecule has 1 atom stereocenters. The summed E-state index contributed by atoms with van der Waals surface area (Å²) in [5.41, 5.74) is 2.07. The van der Waals surface area contributed by atoms with Crippen molar-refractivity contribution >= 4 is 11.9 Å². The first-order chi connectivity index (χ1) is 11.4.